The molecule has 100 valence electrons. The summed E-state index contributed by atoms with van der Waals surface area (Å²) in [5, 5.41) is 0. The van der Waals surface area contributed by atoms with E-state index in [1.807, 2.05) is 18.2 Å². The van der Waals surface area contributed by atoms with E-state index in [4.69, 9.17) is 10.5 Å². The topological polar surface area (TPSA) is 35.2 Å². The van der Waals surface area contributed by atoms with Crippen molar-refractivity contribution in [1.29, 1.82) is 0 Å². The van der Waals surface area contributed by atoms with Crippen LogP contribution in [0.5, 0.6) is 5.75 Å². The fourth-order valence-corrected chi connectivity index (χ4v) is 3.34. The Balaban J connectivity index is 2.16. The third-order valence-electron chi connectivity index (χ3n) is 2.76. The van der Waals surface area contributed by atoms with Crippen molar-refractivity contribution in [2.45, 2.75) is 20.1 Å². The van der Waals surface area contributed by atoms with Crippen molar-refractivity contribution in [3.05, 3.63) is 62.0 Å². The molecule has 0 bridgehead atoms. The van der Waals surface area contributed by atoms with E-state index in [1.54, 1.807) is 0 Å². The zero-order chi connectivity index (χ0) is 13.8. The first-order chi connectivity index (χ1) is 9.10. The van der Waals surface area contributed by atoms with Gasteiger partial charge in [-0.3, -0.25) is 0 Å². The third-order valence-corrected chi connectivity index (χ3v) is 3.94. The van der Waals surface area contributed by atoms with Crippen LogP contribution in [0.15, 0.2) is 45.3 Å². The van der Waals surface area contributed by atoms with Crippen LogP contribution < -0.4 is 10.5 Å². The minimum atomic E-state index is 0.509. The molecule has 0 aliphatic heterocycles. The average molecular weight is 385 g/mol. The molecule has 0 saturated heterocycles. The molecule has 2 aromatic rings. The molecule has 0 spiro atoms. The SMILES string of the molecule is Cc1cccc(COc2c(Br)cc(CN)cc2Br)c1. The molecule has 0 aromatic heterocycles. The Morgan fingerprint density at radius 3 is 2.32 bits per heavy atom. The Labute approximate surface area is 130 Å². The van der Waals surface area contributed by atoms with Gasteiger partial charge in [0.25, 0.3) is 0 Å². The van der Waals surface area contributed by atoms with E-state index < -0.39 is 0 Å². The Morgan fingerprint density at radius 2 is 1.74 bits per heavy atom. The first-order valence-corrected chi connectivity index (χ1v) is 7.55. The van der Waals surface area contributed by atoms with Gasteiger partial charge < -0.3 is 10.5 Å². The monoisotopic (exact) mass is 383 g/mol. The lowest BCUT2D eigenvalue weighted by molar-refractivity contribution is 0.302. The normalized spacial score (nSPS) is 10.5. The molecule has 0 fully saturated rings. The predicted octanol–water partition coefficient (Wildman–Crippen LogP) is 4.56. The highest BCUT2D eigenvalue weighted by Gasteiger charge is 2.08. The predicted molar refractivity (Wildman–Crippen MR) is 85.2 cm³/mol. The van der Waals surface area contributed by atoms with Crippen LogP contribution in [0, 0.1) is 6.92 Å². The van der Waals surface area contributed by atoms with E-state index in [2.05, 4.69) is 57.0 Å². The number of hydrogen-bond donors (Lipinski definition) is 1. The molecule has 0 radical (unpaired) electrons. The first-order valence-electron chi connectivity index (χ1n) is 5.96. The summed E-state index contributed by atoms with van der Waals surface area (Å²) in [5.74, 6) is 0.804. The van der Waals surface area contributed by atoms with Crippen molar-refractivity contribution in [3.8, 4) is 5.75 Å². The molecule has 19 heavy (non-hydrogen) atoms. The summed E-state index contributed by atoms with van der Waals surface area (Å²) in [6.45, 7) is 3.13. The van der Waals surface area contributed by atoms with Crippen molar-refractivity contribution in [2.75, 3.05) is 0 Å². The van der Waals surface area contributed by atoms with Gasteiger partial charge in [-0.2, -0.15) is 0 Å². The maximum absolute atomic E-state index is 5.87. The first kappa shape index (κ1) is 14.6. The Morgan fingerprint density at radius 1 is 1.05 bits per heavy atom. The molecule has 0 aliphatic rings. The number of nitrogens with two attached hydrogens (primary N) is 1. The molecule has 0 aliphatic carbocycles. The van der Waals surface area contributed by atoms with Crippen LogP contribution in [-0.4, -0.2) is 0 Å². The van der Waals surface area contributed by atoms with Crippen LogP contribution in [0.4, 0.5) is 0 Å². The fraction of sp³-hybridized carbons (Fsp3) is 0.200. The lowest BCUT2D eigenvalue weighted by Crippen LogP contribution is -2.00. The van der Waals surface area contributed by atoms with E-state index in [0.29, 0.717) is 13.2 Å². The van der Waals surface area contributed by atoms with Crippen LogP contribution in [0.25, 0.3) is 0 Å². The minimum absolute atomic E-state index is 0.509. The second-order valence-electron chi connectivity index (χ2n) is 4.37. The van der Waals surface area contributed by atoms with E-state index in [-0.39, 0.29) is 0 Å². The molecule has 2 nitrogen and oxygen atoms in total. The summed E-state index contributed by atoms with van der Waals surface area (Å²) < 4.78 is 7.70. The van der Waals surface area contributed by atoms with E-state index >= 15 is 0 Å². The van der Waals surface area contributed by atoms with Gasteiger partial charge in [0.2, 0.25) is 0 Å². The summed E-state index contributed by atoms with van der Waals surface area (Å²) in [5.41, 5.74) is 9.08. The summed E-state index contributed by atoms with van der Waals surface area (Å²) in [6, 6.07) is 12.3. The molecule has 2 rings (SSSR count). The van der Waals surface area contributed by atoms with Crippen LogP contribution in [-0.2, 0) is 13.2 Å². The Bertz CT molecular complexity index is 561. The highest BCUT2D eigenvalue weighted by Crippen LogP contribution is 2.35. The summed E-state index contributed by atoms with van der Waals surface area (Å²) in [4.78, 5) is 0. The summed E-state index contributed by atoms with van der Waals surface area (Å²) >= 11 is 7.03. The molecular weight excluding hydrogens is 370 g/mol. The fourth-order valence-electron chi connectivity index (χ4n) is 1.83. The lowest BCUT2D eigenvalue weighted by atomic mass is 10.1. The number of aryl methyl sites for hydroxylation is 1. The van der Waals surface area contributed by atoms with Crippen molar-refractivity contribution in [3.63, 3.8) is 0 Å². The van der Waals surface area contributed by atoms with Crippen molar-refractivity contribution >= 4 is 31.9 Å². The van der Waals surface area contributed by atoms with Crippen molar-refractivity contribution in [1.82, 2.24) is 0 Å². The maximum Gasteiger partial charge on any atom is 0.148 e. The van der Waals surface area contributed by atoms with Crippen molar-refractivity contribution in [2.24, 2.45) is 5.73 Å². The largest absolute Gasteiger partial charge is 0.487 e. The van der Waals surface area contributed by atoms with Gasteiger partial charge in [-0.15, -0.1) is 0 Å². The molecule has 2 aromatic carbocycles. The van der Waals surface area contributed by atoms with E-state index in [0.717, 1.165) is 25.8 Å². The number of halogens is 2. The van der Waals surface area contributed by atoms with Crippen LogP contribution >= 0.6 is 31.9 Å². The maximum atomic E-state index is 5.87. The van der Waals surface area contributed by atoms with Gasteiger partial charge in [-0.05, 0) is 62.0 Å². The second-order valence-corrected chi connectivity index (χ2v) is 6.08. The van der Waals surface area contributed by atoms with E-state index in [9.17, 15) is 0 Å². The molecule has 0 amide bonds. The number of hydrogen-bond acceptors (Lipinski definition) is 2. The number of rotatable bonds is 4. The lowest BCUT2D eigenvalue weighted by Gasteiger charge is -2.12. The molecule has 0 atom stereocenters. The molecule has 2 N–H and O–H groups in total. The Kier molecular flexibility index (Phi) is 5.02. The van der Waals surface area contributed by atoms with Gasteiger partial charge >= 0.3 is 0 Å². The smallest absolute Gasteiger partial charge is 0.148 e. The molecule has 0 unspecified atom stereocenters. The summed E-state index contributed by atoms with van der Waals surface area (Å²) in [7, 11) is 0. The van der Waals surface area contributed by atoms with Gasteiger partial charge in [0.15, 0.2) is 0 Å². The average Bonchev–Trinajstić information content (AvgIpc) is 2.37. The molecular formula is C15H15Br2NO. The zero-order valence-electron chi connectivity index (χ0n) is 10.6. The Hall–Kier alpha value is -0.840. The van der Waals surface area contributed by atoms with Gasteiger partial charge in [0.1, 0.15) is 12.4 Å². The molecule has 4 heteroatoms. The highest BCUT2D eigenvalue weighted by atomic mass is 79.9. The van der Waals surface area contributed by atoms with Gasteiger partial charge in [0.05, 0.1) is 8.95 Å². The number of benzene rings is 2. The van der Waals surface area contributed by atoms with Gasteiger partial charge in [-0.1, -0.05) is 29.8 Å². The highest BCUT2D eigenvalue weighted by molar-refractivity contribution is 9.11. The molecule has 0 heterocycles. The second kappa shape index (κ2) is 6.55. The zero-order valence-corrected chi connectivity index (χ0v) is 13.8. The quantitative estimate of drug-likeness (QED) is 0.838. The standard InChI is InChI=1S/C15H15Br2NO/c1-10-3-2-4-11(5-10)9-19-15-13(16)6-12(8-18)7-14(15)17/h2-7H,8-9,18H2,1H3. The van der Waals surface area contributed by atoms with Gasteiger partial charge in [0, 0.05) is 6.54 Å². The van der Waals surface area contributed by atoms with Crippen molar-refractivity contribution < 1.29 is 4.74 Å². The van der Waals surface area contributed by atoms with E-state index in [1.165, 1.54) is 5.56 Å². The van der Waals surface area contributed by atoms with Gasteiger partial charge in [-0.25, -0.2) is 0 Å². The molecule has 0 saturated carbocycles. The third kappa shape index (κ3) is 3.81. The van der Waals surface area contributed by atoms with Crippen LogP contribution in [0.3, 0.4) is 0 Å². The summed E-state index contributed by atoms with van der Waals surface area (Å²) in [6.07, 6.45) is 0. The van der Waals surface area contributed by atoms with Crippen LogP contribution in [0.2, 0.25) is 0 Å². The minimum Gasteiger partial charge on any atom is -0.487 e. The number of ether oxygens (including phenoxy) is 1. The van der Waals surface area contributed by atoms with Crippen LogP contribution in [0.1, 0.15) is 16.7 Å².